The lowest BCUT2D eigenvalue weighted by Crippen LogP contribution is -2.30. The van der Waals surface area contributed by atoms with Crippen molar-refractivity contribution in [1.82, 2.24) is 0 Å². The molecule has 0 saturated carbocycles. The molecule has 0 radical (unpaired) electrons. The zero-order valence-electron chi connectivity index (χ0n) is 42.1. The van der Waals surface area contributed by atoms with Gasteiger partial charge in [-0.2, -0.15) is 0 Å². The number of carbonyl (C=O) groups is 3. The maximum atomic E-state index is 12.8. The van der Waals surface area contributed by atoms with Gasteiger partial charge in [-0.3, -0.25) is 14.4 Å². The van der Waals surface area contributed by atoms with Gasteiger partial charge in [0, 0.05) is 19.3 Å². The fourth-order valence-electron chi connectivity index (χ4n) is 6.67. The average molecular weight is 911 g/mol. The van der Waals surface area contributed by atoms with Gasteiger partial charge in [0.25, 0.3) is 0 Å². The number of rotatable bonds is 45. The summed E-state index contributed by atoms with van der Waals surface area (Å²) in [6.45, 7) is 6.29. The zero-order valence-corrected chi connectivity index (χ0v) is 42.1. The molecule has 370 valence electrons. The van der Waals surface area contributed by atoms with Gasteiger partial charge >= 0.3 is 17.9 Å². The summed E-state index contributed by atoms with van der Waals surface area (Å²) in [6.07, 6.45) is 74.4. The molecular weight excluding hydrogens is 817 g/mol. The van der Waals surface area contributed by atoms with Crippen molar-refractivity contribution in [3.63, 3.8) is 0 Å². The van der Waals surface area contributed by atoms with Crippen LogP contribution in [0.2, 0.25) is 0 Å². The highest BCUT2D eigenvalue weighted by molar-refractivity contribution is 5.71. The molecule has 0 spiro atoms. The van der Waals surface area contributed by atoms with Crippen LogP contribution in [0.15, 0.2) is 134 Å². The molecule has 6 nitrogen and oxygen atoms in total. The van der Waals surface area contributed by atoms with Gasteiger partial charge in [0.1, 0.15) is 13.2 Å². The fraction of sp³-hybridized carbons (Fsp3) is 0.583. The molecule has 0 N–H and O–H groups in total. The largest absolute Gasteiger partial charge is 0.462 e. The third-order valence-corrected chi connectivity index (χ3v) is 10.6. The van der Waals surface area contributed by atoms with Gasteiger partial charge in [-0.05, 0) is 77.0 Å². The standard InChI is InChI=1S/C60H94O6/c1-4-7-10-13-16-19-22-25-27-29-31-32-35-38-41-44-47-50-53-59(62)65-56-57(55-64-58(61)52-49-46-43-40-37-34-24-21-18-15-12-9-6-3)66-60(63)54-51-48-45-42-39-36-33-30-28-26-23-20-17-14-11-8-5-2/h9-10,12-13,15-16,18-19,21-22,24-29,31-32,34,37,40,43,57H,4-8,11,14,17,20,23,30,33,35-36,38-39,41-42,44-56H2,1-3H3/b12-9-,13-10-,18-15-,19-16-,24-21-,25-22-,28-26-,29-27-,32-31-,37-34-,43-40-. The van der Waals surface area contributed by atoms with E-state index in [4.69, 9.17) is 14.2 Å². The van der Waals surface area contributed by atoms with Crippen LogP contribution in [0.25, 0.3) is 0 Å². The molecule has 6 heteroatoms. The number of esters is 3. The molecule has 1 unspecified atom stereocenters. The van der Waals surface area contributed by atoms with Gasteiger partial charge in [-0.25, -0.2) is 0 Å². The Morgan fingerprint density at radius 3 is 1.09 bits per heavy atom. The molecule has 0 aliphatic rings. The molecule has 0 aromatic carbocycles. The Morgan fingerprint density at radius 1 is 0.318 bits per heavy atom. The lowest BCUT2D eigenvalue weighted by Gasteiger charge is -2.18. The van der Waals surface area contributed by atoms with E-state index in [0.29, 0.717) is 19.3 Å². The second kappa shape index (κ2) is 53.2. The van der Waals surface area contributed by atoms with Crippen LogP contribution in [0.3, 0.4) is 0 Å². The molecule has 0 aromatic rings. The minimum absolute atomic E-state index is 0.121. The molecule has 0 heterocycles. The summed E-state index contributed by atoms with van der Waals surface area (Å²) in [5.74, 6) is -1.03. The maximum Gasteiger partial charge on any atom is 0.306 e. The van der Waals surface area contributed by atoms with Crippen molar-refractivity contribution in [2.75, 3.05) is 13.2 Å². The van der Waals surface area contributed by atoms with Crippen molar-refractivity contribution in [2.45, 2.75) is 213 Å². The van der Waals surface area contributed by atoms with Crippen LogP contribution in [0.1, 0.15) is 207 Å². The summed E-state index contributed by atoms with van der Waals surface area (Å²) in [7, 11) is 0. The van der Waals surface area contributed by atoms with E-state index in [-0.39, 0.29) is 37.5 Å². The Balaban J connectivity index is 4.55. The first kappa shape index (κ1) is 61.5. The highest BCUT2D eigenvalue weighted by atomic mass is 16.6. The molecule has 0 fully saturated rings. The Labute approximate surface area is 405 Å². The summed E-state index contributed by atoms with van der Waals surface area (Å²) in [6, 6.07) is 0. The van der Waals surface area contributed by atoms with Crippen molar-refractivity contribution in [1.29, 1.82) is 0 Å². The molecule has 0 aliphatic heterocycles. The average Bonchev–Trinajstić information content (AvgIpc) is 3.31. The smallest absolute Gasteiger partial charge is 0.306 e. The third kappa shape index (κ3) is 50.5. The van der Waals surface area contributed by atoms with Gasteiger partial charge in [0.15, 0.2) is 6.10 Å². The normalized spacial score (nSPS) is 13.2. The lowest BCUT2D eigenvalue weighted by atomic mass is 10.1. The molecule has 0 bridgehead atoms. The molecule has 0 saturated heterocycles. The number of hydrogen-bond donors (Lipinski definition) is 0. The quantitative estimate of drug-likeness (QED) is 0.0199. The summed E-state index contributed by atoms with van der Waals surface area (Å²) >= 11 is 0. The van der Waals surface area contributed by atoms with E-state index in [1.165, 1.54) is 83.5 Å². The Morgan fingerprint density at radius 2 is 0.652 bits per heavy atom. The summed E-state index contributed by atoms with van der Waals surface area (Å²) in [5.41, 5.74) is 0. The zero-order chi connectivity index (χ0) is 47.9. The minimum Gasteiger partial charge on any atom is -0.462 e. The lowest BCUT2D eigenvalue weighted by molar-refractivity contribution is -0.167. The highest BCUT2D eigenvalue weighted by Crippen LogP contribution is 2.13. The summed E-state index contributed by atoms with van der Waals surface area (Å²) in [4.78, 5) is 38.0. The number of carbonyl (C=O) groups excluding carboxylic acids is 3. The topological polar surface area (TPSA) is 78.9 Å². The van der Waals surface area contributed by atoms with Crippen LogP contribution in [0, 0.1) is 0 Å². The first-order chi connectivity index (χ1) is 32.5. The molecule has 0 aromatic heterocycles. The Hall–Kier alpha value is -4.45. The van der Waals surface area contributed by atoms with Crippen molar-refractivity contribution in [3.8, 4) is 0 Å². The van der Waals surface area contributed by atoms with E-state index in [2.05, 4.69) is 63.3 Å². The summed E-state index contributed by atoms with van der Waals surface area (Å²) < 4.78 is 16.7. The number of allylic oxidation sites excluding steroid dienone is 22. The van der Waals surface area contributed by atoms with Crippen molar-refractivity contribution in [3.05, 3.63) is 134 Å². The molecule has 66 heavy (non-hydrogen) atoms. The van der Waals surface area contributed by atoms with Crippen LogP contribution in [0.4, 0.5) is 0 Å². The molecule has 0 aliphatic carbocycles. The monoisotopic (exact) mass is 911 g/mol. The highest BCUT2D eigenvalue weighted by Gasteiger charge is 2.19. The van der Waals surface area contributed by atoms with Crippen LogP contribution in [-0.2, 0) is 28.6 Å². The molecule has 0 rings (SSSR count). The van der Waals surface area contributed by atoms with Gasteiger partial charge in [0.05, 0.1) is 0 Å². The molecular formula is C60H94O6. The van der Waals surface area contributed by atoms with Crippen LogP contribution < -0.4 is 0 Å². The second-order valence-electron chi connectivity index (χ2n) is 16.9. The van der Waals surface area contributed by atoms with Crippen LogP contribution >= 0.6 is 0 Å². The number of ether oxygens (including phenoxy) is 3. The van der Waals surface area contributed by atoms with Gasteiger partial charge < -0.3 is 14.2 Å². The van der Waals surface area contributed by atoms with Crippen molar-refractivity contribution < 1.29 is 28.6 Å². The van der Waals surface area contributed by atoms with E-state index in [9.17, 15) is 14.4 Å². The predicted molar refractivity (Wildman–Crippen MR) is 283 cm³/mol. The van der Waals surface area contributed by atoms with E-state index >= 15 is 0 Å². The van der Waals surface area contributed by atoms with Gasteiger partial charge in [0.2, 0.25) is 0 Å². The maximum absolute atomic E-state index is 12.8. The SMILES string of the molecule is CC\C=C/C=C\C=C/C=C\C=C/CCCC(=O)OCC(COC(=O)CCCCCCC\C=C/C=C\C=C/C=C\C=C/CCC)OC(=O)CCCCCCCCC/C=C\CCCCCCCC. The number of unbranched alkanes of at least 4 members (excludes halogenated alkanes) is 20. The minimum atomic E-state index is -0.825. The Kier molecular flexibility index (Phi) is 49.6. The van der Waals surface area contributed by atoms with Gasteiger partial charge in [-0.1, -0.05) is 244 Å². The van der Waals surface area contributed by atoms with E-state index < -0.39 is 6.10 Å². The van der Waals surface area contributed by atoms with Crippen molar-refractivity contribution >= 4 is 17.9 Å². The molecule has 0 amide bonds. The first-order valence-corrected chi connectivity index (χ1v) is 26.3. The van der Waals surface area contributed by atoms with E-state index in [0.717, 1.165) is 77.0 Å². The predicted octanol–water partition coefficient (Wildman–Crippen LogP) is 17.5. The third-order valence-electron chi connectivity index (χ3n) is 10.6. The summed E-state index contributed by atoms with van der Waals surface area (Å²) in [5, 5.41) is 0. The number of hydrogen-bond acceptors (Lipinski definition) is 6. The van der Waals surface area contributed by atoms with Crippen molar-refractivity contribution in [2.24, 2.45) is 0 Å². The van der Waals surface area contributed by atoms with E-state index in [1.807, 2.05) is 91.1 Å². The Bertz CT molecular complexity index is 1460. The van der Waals surface area contributed by atoms with Gasteiger partial charge in [-0.15, -0.1) is 0 Å². The second-order valence-corrected chi connectivity index (χ2v) is 16.9. The fourth-order valence-corrected chi connectivity index (χ4v) is 6.67. The van der Waals surface area contributed by atoms with Crippen LogP contribution in [-0.4, -0.2) is 37.2 Å². The van der Waals surface area contributed by atoms with Crippen LogP contribution in [0.5, 0.6) is 0 Å². The van der Waals surface area contributed by atoms with E-state index in [1.54, 1.807) is 0 Å². The molecule has 1 atom stereocenters. The first-order valence-electron chi connectivity index (χ1n) is 26.3.